The predicted molar refractivity (Wildman–Crippen MR) is 142 cm³/mol. The van der Waals surface area contributed by atoms with Gasteiger partial charge in [-0.1, -0.05) is 133 Å². The monoisotopic (exact) mass is 477 g/mol. The molecule has 4 nitrogen and oxygen atoms in total. The molecule has 1 aromatic rings. The van der Waals surface area contributed by atoms with Crippen LogP contribution in [0.4, 0.5) is 0 Å². The number of Topliss-reactive ketones (excluding diaryl/α,β-unsaturated/α-hetero) is 1. The van der Waals surface area contributed by atoms with Crippen LogP contribution in [0.2, 0.25) is 0 Å². The van der Waals surface area contributed by atoms with Gasteiger partial charge in [-0.25, -0.2) is 4.72 Å². The van der Waals surface area contributed by atoms with Gasteiger partial charge in [0.2, 0.25) is 0 Å². The van der Waals surface area contributed by atoms with E-state index < -0.39 is 12.0 Å². The standard InChI is InChI=1S/C28H47NO3S/c1-2-3-4-5-6-7-8-9-10-11-12-13-14-18-24-33-29-27(28(31)32)26(30)23-19-22-25-20-16-15-17-21-25/h15-17,20-21,27,29H,2-14,18-19,22-24H2,1H3,(H,31,32)/t27-/m0/s1. The third-order valence-corrected chi connectivity index (χ3v) is 7.00. The van der Waals surface area contributed by atoms with Crippen molar-refractivity contribution in [1.82, 2.24) is 4.72 Å². The Hall–Kier alpha value is -1.33. The molecule has 0 aliphatic heterocycles. The number of carboxylic acids is 1. The second kappa shape index (κ2) is 21.2. The summed E-state index contributed by atoms with van der Waals surface area (Å²) in [6.07, 6.45) is 20.4. The van der Waals surface area contributed by atoms with Crippen molar-refractivity contribution in [2.24, 2.45) is 0 Å². The molecule has 0 spiro atoms. The zero-order chi connectivity index (χ0) is 24.0. The molecule has 188 valence electrons. The Morgan fingerprint density at radius 3 is 1.82 bits per heavy atom. The Labute approximate surface area is 206 Å². The molecular formula is C28H47NO3S. The van der Waals surface area contributed by atoms with Gasteiger partial charge in [-0.3, -0.25) is 9.59 Å². The third kappa shape index (κ3) is 16.9. The fraction of sp³-hybridized carbons (Fsp3) is 0.714. The van der Waals surface area contributed by atoms with Gasteiger partial charge in [0.15, 0.2) is 11.8 Å². The zero-order valence-electron chi connectivity index (χ0n) is 20.9. The molecule has 0 saturated heterocycles. The number of hydrogen-bond acceptors (Lipinski definition) is 4. The van der Waals surface area contributed by atoms with Crippen LogP contribution in [-0.4, -0.2) is 28.7 Å². The van der Waals surface area contributed by atoms with Gasteiger partial charge >= 0.3 is 5.97 Å². The van der Waals surface area contributed by atoms with Gasteiger partial charge in [0.25, 0.3) is 0 Å². The quantitative estimate of drug-likeness (QED) is 0.0958. The van der Waals surface area contributed by atoms with Gasteiger partial charge in [-0.05, 0) is 24.8 Å². The molecule has 0 unspecified atom stereocenters. The summed E-state index contributed by atoms with van der Waals surface area (Å²) in [4.78, 5) is 23.8. The van der Waals surface area contributed by atoms with Crippen molar-refractivity contribution in [2.75, 3.05) is 5.75 Å². The van der Waals surface area contributed by atoms with Crippen LogP contribution in [0.1, 0.15) is 115 Å². The summed E-state index contributed by atoms with van der Waals surface area (Å²) in [5.74, 6) is -0.459. The summed E-state index contributed by atoms with van der Waals surface area (Å²) in [6, 6.07) is 8.89. The largest absolute Gasteiger partial charge is 0.480 e. The van der Waals surface area contributed by atoms with Crippen molar-refractivity contribution in [3.8, 4) is 0 Å². The number of nitrogens with one attached hydrogen (secondary N) is 1. The molecule has 5 heteroatoms. The highest BCUT2D eigenvalue weighted by Gasteiger charge is 2.25. The van der Waals surface area contributed by atoms with Crippen LogP contribution < -0.4 is 4.72 Å². The maximum atomic E-state index is 12.3. The lowest BCUT2D eigenvalue weighted by Crippen LogP contribution is -2.40. The fourth-order valence-electron chi connectivity index (χ4n) is 4.02. The summed E-state index contributed by atoms with van der Waals surface area (Å²) in [5.41, 5.74) is 1.18. The van der Waals surface area contributed by atoms with E-state index in [-0.39, 0.29) is 12.2 Å². The Kier molecular flexibility index (Phi) is 19.1. The number of aryl methyl sites for hydroxylation is 1. The van der Waals surface area contributed by atoms with Crippen LogP contribution >= 0.6 is 11.9 Å². The van der Waals surface area contributed by atoms with Gasteiger partial charge < -0.3 is 5.11 Å². The lowest BCUT2D eigenvalue weighted by atomic mass is 10.0. The fourth-order valence-corrected chi connectivity index (χ4v) is 4.89. The van der Waals surface area contributed by atoms with Crippen LogP contribution in [0.5, 0.6) is 0 Å². The smallest absolute Gasteiger partial charge is 0.329 e. The van der Waals surface area contributed by atoms with Gasteiger partial charge in [0.1, 0.15) is 0 Å². The summed E-state index contributed by atoms with van der Waals surface area (Å²) in [5, 5.41) is 9.39. The highest BCUT2D eigenvalue weighted by atomic mass is 32.2. The minimum Gasteiger partial charge on any atom is -0.480 e. The Morgan fingerprint density at radius 2 is 1.30 bits per heavy atom. The maximum Gasteiger partial charge on any atom is 0.329 e. The Morgan fingerprint density at radius 1 is 0.788 bits per heavy atom. The first kappa shape index (κ1) is 29.7. The summed E-state index contributed by atoms with van der Waals surface area (Å²) >= 11 is 1.38. The van der Waals surface area contributed by atoms with E-state index in [0.717, 1.165) is 18.6 Å². The average molecular weight is 478 g/mol. The number of ketones is 1. The first-order valence-electron chi connectivity index (χ1n) is 13.3. The predicted octanol–water partition coefficient (Wildman–Crippen LogP) is 7.75. The van der Waals surface area contributed by atoms with E-state index in [0.29, 0.717) is 6.42 Å². The zero-order valence-corrected chi connectivity index (χ0v) is 21.7. The van der Waals surface area contributed by atoms with Gasteiger partial charge in [-0.15, -0.1) is 0 Å². The molecule has 1 aromatic carbocycles. The Balaban J connectivity index is 1.95. The molecule has 0 aromatic heterocycles. The highest BCUT2D eigenvalue weighted by molar-refractivity contribution is 7.97. The number of carbonyl (C=O) groups is 2. The van der Waals surface area contributed by atoms with Crippen molar-refractivity contribution < 1.29 is 14.7 Å². The van der Waals surface area contributed by atoms with Gasteiger partial charge in [0, 0.05) is 12.2 Å². The first-order chi connectivity index (χ1) is 16.1. The van der Waals surface area contributed by atoms with Crippen LogP contribution in [0.25, 0.3) is 0 Å². The molecule has 0 saturated carbocycles. The minimum atomic E-state index is -1.10. The number of carboxylic acid groups (broad SMARTS) is 1. The Bertz CT molecular complexity index is 608. The van der Waals surface area contributed by atoms with E-state index in [2.05, 4.69) is 11.6 Å². The summed E-state index contributed by atoms with van der Waals surface area (Å²) < 4.78 is 2.88. The number of unbranched alkanes of at least 4 members (excludes halogenated alkanes) is 13. The molecule has 2 N–H and O–H groups in total. The van der Waals surface area contributed by atoms with Gasteiger partial charge in [0.05, 0.1) is 0 Å². The molecule has 0 fully saturated rings. The van der Waals surface area contributed by atoms with E-state index in [1.165, 1.54) is 101 Å². The molecule has 0 aliphatic rings. The van der Waals surface area contributed by atoms with Crippen molar-refractivity contribution in [2.45, 2.75) is 122 Å². The van der Waals surface area contributed by atoms with Crippen LogP contribution in [-0.2, 0) is 16.0 Å². The molecule has 1 atom stereocenters. The third-order valence-electron chi connectivity index (χ3n) is 6.10. The molecular weight excluding hydrogens is 430 g/mol. The first-order valence-corrected chi connectivity index (χ1v) is 14.3. The number of carbonyl (C=O) groups excluding carboxylic acids is 1. The van der Waals surface area contributed by atoms with E-state index in [4.69, 9.17) is 0 Å². The highest BCUT2D eigenvalue weighted by Crippen LogP contribution is 2.14. The molecule has 0 radical (unpaired) electrons. The van der Waals surface area contributed by atoms with Crippen LogP contribution in [0.15, 0.2) is 30.3 Å². The topological polar surface area (TPSA) is 66.4 Å². The van der Waals surface area contributed by atoms with E-state index >= 15 is 0 Å². The normalized spacial score (nSPS) is 12.0. The van der Waals surface area contributed by atoms with Crippen molar-refractivity contribution >= 4 is 23.7 Å². The molecule has 0 bridgehead atoms. The lowest BCUT2D eigenvalue weighted by molar-refractivity contribution is -0.142. The molecule has 0 aliphatic carbocycles. The minimum absolute atomic E-state index is 0.230. The van der Waals surface area contributed by atoms with E-state index in [1.807, 2.05) is 30.3 Å². The van der Waals surface area contributed by atoms with E-state index in [9.17, 15) is 14.7 Å². The van der Waals surface area contributed by atoms with E-state index in [1.54, 1.807) is 0 Å². The SMILES string of the molecule is CCCCCCCCCCCCCCCCSN[C@H](C(=O)O)C(=O)CCCc1ccccc1. The second-order valence-electron chi connectivity index (χ2n) is 9.14. The van der Waals surface area contributed by atoms with Crippen molar-refractivity contribution in [3.05, 3.63) is 35.9 Å². The second-order valence-corrected chi connectivity index (χ2v) is 10.1. The maximum absolute atomic E-state index is 12.3. The van der Waals surface area contributed by atoms with Crippen LogP contribution in [0.3, 0.4) is 0 Å². The number of benzene rings is 1. The van der Waals surface area contributed by atoms with Crippen molar-refractivity contribution in [3.63, 3.8) is 0 Å². The number of rotatable bonds is 23. The molecule has 0 heterocycles. The average Bonchev–Trinajstić information content (AvgIpc) is 2.81. The lowest BCUT2D eigenvalue weighted by Gasteiger charge is -2.12. The molecule has 0 amide bonds. The number of hydrogen-bond donors (Lipinski definition) is 2. The summed E-state index contributed by atoms with van der Waals surface area (Å²) in [6.45, 7) is 2.27. The van der Waals surface area contributed by atoms with Gasteiger partial charge in [-0.2, -0.15) is 0 Å². The summed E-state index contributed by atoms with van der Waals surface area (Å²) in [7, 11) is 0. The van der Waals surface area contributed by atoms with Crippen molar-refractivity contribution in [1.29, 1.82) is 0 Å². The number of aliphatic carboxylic acids is 1. The molecule has 1 rings (SSSR count). The molecule has 33 heavy (non-hydrogen) atoms. The van der Waals surface area contributed by atoms with Crippen LogP contribution in [0, 0.1) is 0 Å².